The molecule has 90 valence electrons. The zero-order chi connectivity index (χ0) is 12.7. The normalized spacial score (nSPS) is 18.5. The summed E-state index contributed by atoms with van der Waals surface area (Å²) in [5, 5.41) is 14.3. The van der Waals surface area contributed by atoms with E-state index in [0.717, 1.165) is 4.90 Å². The van der Waals surface area contributed by atoms with Gasteiger partial charge >= 0.3 is 6.03 Å². The average molecular weight is 228 g/mol. The summed E-state index contributed by atoms with van der Waals surface area (Å²) in [7, 11) is 2.93. The minimum Gasteiger partial charge on any atom is -0.327 e. The zero-order valence-electron chi connectivity index (χ0n) is 10.1. The summed E-state index contributed by atoms with van der Waals surface area (Å²) in [6, 6.07) is -0.734. The molecule has 0 saturated heterocycles. The van der Waals surface area contributed by atoms with Crippen molar-refractivity contribution in [2.75, 3.05) is 14.1 Å². The van der Waals surface area contributed by atoms with Gasteiger partial charge in [0.05, 0.1) is 11.1 Å². The van der Waals surface area contributed by atoms with E-state index >= 15 is 0 Å². The highest BCUT2D eigenvalue weighted by Gasteiger charge is 2.45. The number of carbonyl (C=O) groups excluding carboxylic acids is 2. The Labute approximate surface area is 93.8 Å². The van der Waals surface area contributed by atoms with Gasteiger partial charge in [-0.05, 0) is 20.8 Å². The average Bonchev–Trinajstić information content (AvgIpc) is 2.40. The molecule has 0 bridgehead atoms. The largest absolute Gasteiger partial charge is 0.365 e. The maximum Gasteiger partial charge on any atom is 0.365 e. The second-order valence-corrected chi connectivity index (χ2v) is 4.37. The van der Waals surface area contributed by atoms with Gasteiger partial charge in [-0.25, -0.2) is 4.79 Å². The number of hydrazone groups is 1. The molecule has 0 atom stereocenters. The smallest absolute Gasteiger partial charge is 0.327 e. The highest BCUT2D eigenvalue weighted by Crippen LogP contribution is 2.28. The van der Waals surface area contributed by atoms with Gasteiger partial charge in [-0.1, -0.05) is 5.17 Å². The van der Waals surface area contributed by atoms with E-state index in [1.807, 2.05) is 0 Å². The molecule has 1 aliphatic heterocycles. The number of hydrogen-bond acceptors (Lipinski definition) is 4. The zero-order valence-corrected chi connectivity index (χ0v) is 10.1. The monoisotopic (exact) mass is 228 g/mol. The van der Waals surface area contributed by atoms with Crippen LogP contribution in [0.2, 0.25) is 0 Å². The van der Waals surface area contributed by atoms with Gasteiger partial charge in [0, 0.05) is 14.1 Å². The summed E-state index contributed by atoms with van der Waals surface area (Å²) in [4.78, 5) is 24.4. The molecule has 0 aromatic rings. The molecule has 16 heavy (non-hydrogen) atoms. The maximum absolute atomic E-state index is 11.8. The predicted octanol–water partition coefficient (Wildman–Crippen LogP) is 0.518. The van der Waals surface area contributed by atoms with Crippen LogP contribution >= 0.6 is 0 Å². The number of carbonyl (C=O) groups is 2. The Hall–Kier alpha value is -1.63. The van der Waals surface area contributed by atoms with Crippen LogP contribution in [-0.2, 0) is 4.79 Å². The molecule has 1 aliphatic rings. The number of hydrazine groups is 1. The van der Waals surface area contributed by atoms with Gasteiger partial charge in [0.25, 0.3) is 5.91 Å². The summed E-state index contributed by atoms with van der Waals surface area (Å²) in [5.74, 6) is -0.442. The first-order valence-corrected chi connectivity index (χ1v) is 4.80. The summed E-state index contributed by atoms with van der Waals surface area (Å²) >= 11 is 0. The summed E-state index contributed by atoms with van der Waals surface area (Å²) in [6.45, 7) is 5.04. The molecular weight excluding hydrogens is 212 g/mol. The molecular formula is C9H16N4O3. The Morgan fingerprint density at radius 1 is 1.44 bits per heavy atom. The third-order valence-electron chi connectivity index (χ3n) is 2.60. The molecule has 7 nitrogen and oxygen atoms in total. The number of hydroxylamine groups is 1. The Kier molecular flexibility index (Phi) is 2.91. The standard InChI is InChI=1S/C9H16N4O3/c1-6-9(2,3)7(14)12(10-6)13(16)8(15)11(4)5/h16H,1-5H3. The lowest BCUT2D eigenvalue weighted by Crippen LogP contribution is -2.49. The van der Waals surface area contributed by atoms with Crippen molar-refractivity contribution in [3.8, 4) is 0 Å². The van der Waals surface area contributed by atoms with Gasteiger partial charge in [0.15, 0.2) is 0 Å². The predicted molar refractivity (Wildman–Crippen MR) is 56.4 cm³/mol. The highest BCUT2D eigenvalue weighted by atomic mass is 16.6. The number of rotatable bonds is 1. The third kappa shape index (κ3) is 1.73. The first-order chi connectivity index (χ1) is 7.19. The first-order valence-electron chi connectivity index (χ1n) is 4.80. The number of urea groups is 1. The topological polar surface area (TPSA) is 76.5 Å². The second-order valence-electron chi connectivity index (χ2n) is 4.37. The van der Waals surface area contributed by atoms with Gasteiger partial charge in [-0.2, -0.15) is 5.10 Å². The van der Waals surface area contributed by atoms with E-state index in [4.69, 9.17) is 0 Å². The fourth-order valence-electron chi connectivity index (χ4n) is 1.11. The van der Waals surface area contributed by atoms with Crippen LogP contribution in [0.5, 0.6) is 0 Å². The molecule has 0 fully saturated rings. The third-order valence-corrected chi connectivity index (χ3v) is 2.60. The van der Waals surface area contributed by atoms with Crippen LogP contribution in [0, 0.1) is 5.41 Å². The molecule has 0 unspecified atom stereocenters. The van der Waals surface area contributed by atoms with E-state index in [-0.39, 0.29) is 5.17 Å². The van der Waals surface area contributed by atoms with Crippen molar-refractivity contribution in [3.63, 3.8) is 0 Å². The van der Waals surface area contributed by atoms with Crippen LogP contribution in [0.4, 0.5) is 4.79 Å². The minimum atomic E-state index is -0.798. The van der Waals surface area contributed by atoms with Crippen molar-refractivity contribution in [2.45, 2.75) is 20.8 Å². The number of nitrogens with zero attached hydrogens (tertiary/aromatic N) is 4. The number of hydrogen-bond donors (Lipinski definition) is 1. The van der Waals surface area contributed by atoms with E-state index in [0.29, 0.717) is 10.8 Å². The molecule has 1 rings (SSSR count). The first kappa shape index (κ1) is 12.4. The number of amides is 3. The van der Waals surface area contributed by atoms with Gasteiger partial charge < -0.3 is 4.90 Å². The van der Waals surface area contributed by atoms with Gasteiger partial charge in [0.1, 0.15) is 0 Å². The van der Waals surface area contributed by atoms with Crippen molar-refractivity contribution >= 4 is 17.6 Å². The molecule has 0 aromatic carbocycles. The molecule has 7 heteroatoms. The summed E-state index contributed by atoms with van der Waals surface area (Å²) < 4.78 is 0. The molecule has 0 aliphatic carbocycles. The van der Waals surface area contributed by atoms with Crippen LogP contribution in [0.3, 0.4) is 0 Å². The van der Waals surface area contributed by atoms with Crippen molar-refractivity contribution in [1.82, 2.24) is 15.2 Å². The van der Waals surface area contributed by atoms with Gasteiger partial charge in [-0.3, -0.25) is 10.0 Å². The van der Waals surface area contributed by atoms with E-state index in [9.17, 15) is 14.8 Å². The Balaban J connectivity index is 2.94. The summed E-state index contributed by atoms with van der Waals surface area (Å²) in [5.41, 5.74) is -0.254. The minimum absolute atomic E-state index is 0.209. The Morgan fingerprint density at radius 2 is 1.94 bits per heavy atom. The van der Waals surface area contributed by atoms with Gasteiger partial charge in [0.2, 0.25) is 0 Å². The molecule has 0 aromatic heterocycles. The lowest BCUT2D eigenvalue weighted by atomic mass is 9.89. The van der Waals surface area contributed by atoms with Crippen molar-refractivity contribution < 1.29 is 14.8 Å². The van der Waals surface area contributed by atoms with Crippen LogP contribution in [0.15, 0.2) is 5.10 Å². The quantitative estimate of drug-likeness (QED) is 0.525. The van der Waals surface area contributed by atoms with Crippen LogP contribution in [0.1, 0.15) is 20.8 Å². The van der Waals surface area contributed by atoms with Gasteiger partial charge in [-0.15, -0.1) is 5.12 Å². The van der Waals surface area contributed by atoms with Crippen molar-refractivity contribution in [1.29, 1.82) is 0 Å². The van der Waals surface area contributed by atoms with E-state index in [1.54, 1.807) is 20.8 Å². The van der Waals surface area contributed by atoms with E-state index < -0.39 is 17.4 Å². The summed E-state index contributed by atoms with van der Waals surface area (Å²) in [6.07, 6.45) is 0. The van der Waals surface area contributed by atoms with E-state index in [2.05, 4.69) is 5.10 Å². The van der Waals surface area contributed by atoms with Crippen molar-refractivity contribution in [2.24, 2.45) is 10.5 Å². The Bertz CT molecular complexity index is 362. The van der Waals surface area contributed by atoms with Crippen LogP contribution in [-0.4, -0.2) is 52.1 Å². The van der Waals surface area contributed by atoms with Crippen LogP contribution in [0.25, 0.3) is 0 Å². The molecule has 1 heterocycles. The van der Waals surface area contributed by atoms with E-state index in [1.165, 1.54) is 14.1 Å². The lowest BCUT2D eigenvalue weighted by molar-refractivity contribution is -0.209. The lowest BCUT2D eigenvalue weighted by Gasteiger charge is -2.26. The highest BCUT2D eigenvalue weighted by molar-refractivity contribution is 6.10. The fourth-order valence-corrected chi connectivity index (χ4v) is 1.11. The molecule has 0 radical (unpaired) electrons. The maximum atomic E-state index is 11.8. The molecule has 3 amide bonds. The SMILES string of the molecule is CC1=NN(N(O)C(=O)N(C)C)C(=O)C1(C)C. The molecule has 0 spiro atoms. The molecule has 1 N–H and O–H groups in total. The van der Waals surface area contributed by atoms with Crippen LogP contribution < -0.4 is 0 Å². The fraction of sp³-hybridized carbons (Fsp3) is 0.667. The van der Waals surface area contributed by atoms with Crippen molar-refractivity contribution in [3.05, 3.63) is 0 Å². The second kappa shape index (κ2) is 3.75. The molecule has 0 saturated carbocycles. The Morgan fingerprint density at radius 3 is 2.25 bits per heavy atom.